The van der Waals surface area contributed by atoms with Gasteiger partial charge in [0.05, 0.1) is 10.7 Å². The van der Waals surface area contributed by atoms with E-state index in [0.717, 1.165) is 17.8 Å². The summed E-state index contributed by atoms with van der Waals surface area (Å²) in [5.74, 6) is -1.64. The summed E-state index contributed by atoms with van der Waals surface area (Å²) in [5.41, 5.74) is 13.0. The number of anilines is 1. The SMILES string of the molecule is CN=C(N)/C(C(=O)Nc1ccc(F)c(Cl)c1)=C(\N)C1=CCC(C2=CNC(C(F)(F)F)S2)C1. The van der Waals surface area contributed by atoms with Crippen LogP contribution in [-0.2, 0) is 4.79 Å². The fraction of sp³-hybridized carbons (Fsp3) is 0.300. The van der Waals surface area contributed by atoms with E-state index in [2.05, 4.69) is 15.6 Å². The van der Waals surface area contributed by atoms with Crippen LogP contribution in [-0.4, -0.2) is 30.3 Å². The van der Waals surface area contributed by atoms with E-state index in [4.69, 9.17) is 23.1 Å². The van der Waals surface area contributed by atoms with E-state index >= 15 is 0 Å². The molecule has 1 aromatic carbocycles. The first-order valence-electron chi connectivity index (χ1n) is 9.39. The fourth-order valence-electron chi connectivity index (χ4n) is 3.31. The van der Waals surface area contributed by atoms with Crippen molar-refractivity contribution in [2.24, 2.45) is 22.4 Å². The highest BCUT2D eigenvalue weighted by Crippen LogP contribution is 2.45. The van der Waals surface area contributed by atoms with Crippen LogP contribution in [0.1, 0.15) is 12.8 Å². The minimum absolute atomic E-state index is 0.0743. The Morgan fingerprint density at radius 1 is 1.34 bits per heavy atom. The van der Waals surface area contributed by atoms with E-state index in [0.29, 0.717) is 23.3 Å². The maximum atomic E-state index is 13.4. The van der Waals surface area contributed by atoms with Gasteiger partial charge < -0.3 is 22.1 Å². The predicted molar refractivity (Wildman–Crippen MR) is 118 cm³/mol. The van der Waals surface area contributed by atoms with Gasteiger partial charge in [-0.2, -0.15) is 13.2 Å². The minimum Gasteiger partial charge on any atom is -0.398 e. The highest BCUT2D eigenvalue weighted by atomic mass is 35.5. The topological polar surface area (TPSA) is 106 Å². The number of nitrogens with two attached hydrogens (primary N) is 2. The van der Waals surface area contributed by atoms with Gasteiger partial charge in [0.2, 0.25) is 0 Å². The molecule has 0 saturated carbocycles. The number of nitrogens with zero attached hydrogens (tertiary/aromatic N) is 1. The van der Waals surface area contributed by atoms with Gasteiger partial charge in [-0.1, -0.05) is 29.4 Å². The fourth-order valence-corrected chi connectivity index (χ4v) is 4.54. The average Bonchev–Trinajstić information content (AvgIpc) is 3.39. The van der Waals surface area contributed by atoms with Crippen LogP contribution < -0.4 is 22.1 Å². The Bertz CT molecular complexity index is 1050. The number of thioether (sulfide) groups is 1. The average molecular weight is 490 g/mol. The molecule has 0 radical (unpaired) electrons. The molecule has 1 aliphatic carbocycles. The van der Waals surface area contributed by atoms with Crippen LogP contribution in [0, 0.1) is 11.7 Å². The van der Waals surface area contributed by atoms with E-state index in [1.54, 1.807) is 6.08 Å². The number of alkyl halides is 3. The number of hydrogen-bond acceptors (Lipinski definition) is 5. The Kier molecular flexibility index (Phi) is 7.09. The number of carbonyl (C=O) groups excluding carboxylic acids is 1. The van der Waals surface area contributed by atoms with Gasteiger partial charge in [-0.05, 0) is 42.5 Å². The van der Waals surface area contributed by atoms with Crippen LogP contribution >= 0.6 is 23.4 Å². The Labute approximate surface area is 190 Å². The van der Waals surface area contributed by atoms with Gasteiger partial charge >= 0.3 is 6.18 Å². The molecule has 0 bridgehead atoms. The lowest BCUT2D eigenvalue weighted by Gasteiger charge is -2.17. The largest absolute Gasteiger partial charge is 0.418 e. The molecule has 0 saturated heterocycles. The van der Waals surface area contributed by atoms with Crippen molar-refractivity contribution in [1.29, 1.82) is 0 Å². The summed E-state index contributed by atoms with van der Waals surface area (Å²) in [6, 6.07) is 3.66. The van der Waals surface area contributed by atoms with Crippen molar-refractivity contribution in [3.8, 4) is 0 Å². The molecule has 0 aromatic heterocycles. The predicted octanol–water partition coefficient (Wildman–Crippen LogP) is 4.02. The highest BCUT2D eigenvalue weighted by molar-refractivity contribution is 8.03. The number of carbonyl (C=O) groups is 1. The summed E-state index contributed by atoms with van der Waals surface area (Å²) in [5, 5.41) is 3.04. The third-order valence-electron chi connectivity index (χ3n) is 4.96. The van der Waals surface area contributed by atoms with Gasteiger partial charge in [0.15, 0.2) is 5.37 Å². The van der Waals surface area contributed by atoms with Crippen LogP contribution in [0.25, 0.3) is 0 Å². The number of amidine groups is 1. The maximum absolute atomic E-state index is 13.4. The van der Waals surface area contributed by atoms with Gasteiger partial charge in [0.1, 0.15) is 17.2 Å². The number of allylic oxidation sites excluding steroid dienone is 3. The second-order valence-electron chi connectivity index (χ2n) is 7.10. The number of nitrogens with one attached hydrogen (secondary N) is 2. The Hall–Kier alpha value is -2.66. The molecule has 6 N–H and O–H groups in total. The summed E-state index contributed by atoms with van der Waals surface area (Å²) in [6.07, 6.45) is -0.414. The Balaban J connectivity index is 1.78. The Morgan fingerprint density at radius 3 is 2.66 bits per heavy atom. The lowest BCUT2D eigenvalue weighted by Crippen LogP contribution is -2.33. The monoisotopic (exact) mass is 489 g/mol. The van der Waals surface area contributed by atoms with Crippen LogP contribution in [0.3, 0.4) is 0 Å². The number of aliphatic imine (C=N–C) groups is 1. The third kappa shape index (κ3) is 5.21. The lowest BCUT2D eigenvalue weighted by atomic mass is 10.0. The van der Waals surface area contributed by atoms with Gasteiger partial charge in [-0.15, -0.1) is 0 Å². The van der Waals surface area contributed by atoms with Crippen LogP contribution in [0.4, 0.5) is 23.2 Å². The second-order valence-corrected chi connectivity index (χ2v) is 8.69. The van der Waals surface area contributed by atoms with Gasteiger partial charge in [-0.3, -0.25) is 9.79 Å². The normalized spacial score (nSPS) is 22.1. The first-order valence-corrected chi connectivity index (χ1v) is 10.6. The first kappa shape index (κ1) is 24.0. The molecule has 1 aliphatic heterocycles. The van der Waals surface area contributed by atoms with E-state index in [9.17, 15) is 22.4 Å². The minimum atomic E-state index is -4.36. The smallest absolute Gasteiger partial charge is 0.398 e. The Morgan fingerprint density at radius 2 is 2.06 bits per heavy atom. The lowest BCUT2D eigenvalue weighted by molar-refractivity contribution is -0.131. The number of hydrogen-bond donors (Lipinski definition) is 4. The molecule has 0 spiro atoms. The molecule has 3 rings (SSSR count). The number of rotatable bonds is 5. The van der Waals surface area contributed by atoms with Crippen molar-refractivity contribution in [2.45, 2.75) is 24.4 Å². The molecular formula is C20H20ClF4N5OS. The van der Waals surface area contributed by atoms with E-state index in [1.165, 1.54) is 25.4 Å². The van der Waals surface area contributed by atoms with Crippen molar-refractivity contribution >= 4 is 40.8 Å². The van der Waals surface area contributed by atoms with Crippen molar-refractivity contribution in [1.82, 2.24) is 5.32 Å². The molecule has 2 atom stereocenters. The summed E-state index contributed by atoms with van der Waals surface area (Å²) in [6.45, 7) is 0. The van der Waals surface area contributed by atoms with Crippen molar-refractivity contribution < 1.29 is 22.4 Å². The van der Waals surface area contributed by atoms with E-state index in [1.807, 2.05) is 0 Å². The van der Waals surface area contributed by atoms with Crippen molar-refractivity contribution in [2.75, 3.05) is 12.4 Å². The molecule has 1 amide bonds. The second kappa shape index (κ2) is 9.45. The standard InChI is InChI=1S/C20H20ClF4N5OS/c1-28-17(27)15(18(31)30-11-4-5-13(22)12(21)7-11)16(26)10-3-2-9(6-10)14-8-29-19(32-14)20(23,24)25/h3-5,7-9,19,29H,2,6,26H2,1H3,(H2,27,28)(H,30,31)/b16-15+. The number of halogens is 5. The molecule has 2 aliphatic rings. The summed E-state index contributed by atoms with van der Waals surface area (Å²) < 4.78 is 52.1. The maximum Gasteiger partial charge on any atom is 0.418 e. The molecule has 32 heavy (non-hydrogen) atoms. The number of benzene rings is 1. The third-order valence-corrected chi connectivity index (χ3v) is 6.61. The van der Waals surface area contributed by atoms with Gasteiger partial charge in [-0.25, -0.2) is 4.39 Å². The summed E-state index contributed by atoms with van der Waals surface area (Å²) in [7, 11) is 1.39. The van der Waals surface area contributed by atoms with Crippen LogP contribution in [0.15, 0.2) is 57.2 Å². The van der Waals surface area contributed by atoms with Gasteiger partial charge in [0, 0.05) is 23.8 Å². The van der Waals surface area contributed by atoms with Crippen molar-refractivity contribution in [3.05, 3.63) is 63.1 Å². The zero-order chi connectivity index (χ0) is 23.6. The van der Waals surface area contributed by atoms with Crippen LogP contribution in [0.2, 0.25) is 5.02 Å². The molecule has 0 fully saturated rings. The molecular weight excluding hydrogens is 470 g/mol. The zero-order valence-corrected chi connectivity index (χ0v) is 18.3. The molecule has 1 heterocycles. The summed E-state index contributed by atoms with van der Waals surface area (Å²) >= 11 is 6.47. The summed E-state index contributed by atoms with van der Waals surface area (Å²) in [4.78, 5) is 17.3. The highest BCUT2D eigenvalue weighted by Gasteiger charge is 2.44. The van der Waals surface area contributed by atoms with Gasteiger partial charge in [0.25, 0.3) is 5.91 Å². The molecule has 12 heteroatoms. The van der Waals surface area contributed by atoms with Crippen LogP contribution in [0.5, 0.6) is 0 Å². The van der Waals surface area contributed by atoms with E-state index in [-0.39, 0.29) is 33.7 Å². The van der Waals surface area contributed by atoms with E-state index < -0.39 is 23.3 Å². The molecule has 172 valence electrons. The number of amides is 1. The van der Waals surface area contributed by atoms with Crippen molar-refractivity contribution in [3.63, 3.8) is 0 Å². The molecule has 1 aromatic rings. The quantitative estimate of drug-likeness (QED) is 0.216. The zero-order valence-electron chi connectivity index (χ0n) is 16.8. The first-order chi connectivity index (χ1) is 15.0. The molecule has 6 nitrogen and oxygen atoms in total. The molecule has 2 unspecified atom stereocenters.